The van der Waals surface area contributed by atoms with E-state index >= 15 is 0 Å². The van der Waals surface area contributed by atoms with Gasteiger partial charge < -0.3 is 10.4 Å². The third-order valence-corrected chi connectivity index (χ3v) is 5.42. The Morgan fingerprint density at radius 3 is 2.35 bits per heavy atom. The van der Waals surface area contributed by atoms with Crippen molar-refractivity contribution in [3.05, 3.63) is 48.3 Å². The van der Waals surface area contributed by atoms with Crippen molar-refractivity contribution in [1.29, 1.82) is 0 Å². The normalized spacial score (nSPS) is 20.9. The number of pyridine rings is 1. The summed E-state index contributed by atoms with van der Waals surface area (Å²) in [7, 11) is 0. The van der Waals surface area contributed by atoms with E-state index in [2.05, 4.69) is 37.1 Å². The predicted octanol–water partition coefficient (Wildman–Crippen LogP) is 5.54. The zero-order valence-corrected chi connectivity index (χ0v) is 16.3. The number of aromatic nitrogens is 1. The highest BCUT2D eigenvalue weighted by Gasteiger charge is 2.24. The number of nitrogens with one attached hydrogen (secondary N) is 1. The zero-order chi connectivity index (χ0) is 18.6. The van der Waals surface area contributed by atoms with E-state index in [1.165, 1.54) is 32.1 Å². The topological polar surface area (TPSA) is 45.2 Å². The average molecular weight is 353 g/mol. The van der Waals surface area contributed by atoms with Crippen LogP contribution in [0.25, 0.3) is 11.1 Å². The van der Waals surface area contributed by atoms with Crippen molar-refractivity contribution in [1.82, 2.24) is 10.3 Å². The van der Waals surface area contributed by atoms with Crippen LogP contribution < -0.4 is 5.32 Å². The van der Waals surface area contributed by atoms with Crippen LogP contribution >= 0.6 is 0 Å². The highest BCUT2D eigenvalue weighted by molar-refractivity contribution is 5.65. The summed E-state index contributed by atoms with van der Waals surface area (Å²) in [5.74, 6) is 1.24. The van der Waals surface area contributed by atoms with Gasteiger partial charge in [0.15, 0.2) is 0 Å². The van der Waals surface area contributed by atoms with Crippen molar-refractivity contribution in [2.45, 2.75) is 65.5 Å². The van der Waals surface area contributed by atoms with Crippen molar-refractivity contribution >= 4 is 0 Å². The fourth-order valence-electron chi connectivity index (χ4n) is 4.14. The molecule has 3 heteroatoms. The zero-order valence-electron chi connectivity index (χ0n) is 16.3. The lowest BCUT2D eigenvalue weighted by atomic mass is 9.76. The molecule has 1 aliphatic carbocycles. The van der Waals surface area contributed by atoms with Crippen LogP contribution in [0.3, 0.4) is 0 Å². The molecule has 3 nitrogen and oxygen atoms in total. The van der Waals surface area contributed by atoms with E-state index in [0.717, 1.165) is 29.2 Å². The summed E-state index contributed by atoms with van der Waals surface area (Å²) in [5, 5.41) is 13.9. The van der Waals surface area contributed by atoms with Gasteiger partial charge in [-0.2, -0.15) is 0 Å². The van der Waals surface area contributed by atoms with Crippen molar-refractivity contribution in [3.8, 4) is 16.9 Å². The molecule has 1 aromatic carbocycles. The van der Waals surface area contributed by atoms with Gasteiger partial charge in [0.25, 0.3) is 0 Å². The minimum Gasteiger partial charge on any atom is -0.508 e. The first-order valence-electron chi connectivity index (χ1n) is 9.86. The summed E-state index contributed by atoms with van der Waals surface area (Å²) >= 11 is 0. The Hall–Kier alpha value is -1.87. The number of nitrogens with zero attached hydrogens (tertiary/aromatic N) is 1. The average Bonchev–Trinajstić information content (AvgIpc) is 2.62. The smallest absolute Gasteiger partial charge is 0.120 e. The van der Waals surface area contributed by atoms with Crippen LogP contribution in [0.5, 0.6) is 5.75 Å². The van der Waals surface area contributed by atoms with Crippen LogP contribution in [0.2, 0.25) is 0 Å². The van der Waals surface area contributed by atoms with E-state index < -0.39 is 0 Å². The van der Waals surface area contributed by atoms with Gasteiger partial charge in [-0.25, -0.2) is 0 Å². The second-order valence-corrected chi connectivity index (χ2v) is 8.94. The maximum atomic E-state index is 10.2. The lowest BCUT2D eigenvalue weighted by Crippen LogP contribution is -2.33. The number of rotatable bonds is 5. The molecular weight excluding hydrogens is 320 g/mol. The SMILES string of the molecule is CC(C)(C)CC1CCC(NCc2cc(-c3ccncc3)ccc2O)CC1. The number of benzene rings is 1. The van der Waals surface area contributed by atoms with Crippen molar-refractivity contribution in [2.75, 3.05) is 0 Å². The van der Waals surface area contributed by atoms with E-state index in [1.54, 1.807) is 18.5 Å². The van der Waals surface area contributed by atoms with E-state index in [-0.39, 0.29) is 0 Å². The Bertz CT molecular complexity index is 698. The number of aromatic hydroxyl groups is 1. The second kappa shape index (κ2) is 8.22. The number of phenols is 1. The first kappa shape index (κ1) is 18.9. The molecule has 0 amide bonds. The first-order chi connectivity index (χ1) is 12.4. The van der Waals surface area contributed by atoms with Crippen LogP contribution in [0.4, 0.5) is 0 Å². The maximum Gasteiger partial charge on any atom is 0.120 e. The fourth-order valence-corrected chi connectivity index (χ4v) is 4.14. The molecule has 3 rings (SSSR count). The maximum absolute atomic E-state index is 10.2. The quantitative estimate of drug-likeness (QED) is 0.743. The molecule has 26 heavy (non-hydrogen) atoms. The van der Waals surface area contributed by atoms with Gasteiger partial charge in [0.05, 0.1) is 0 Å². The second-order valence-electron chi connectivity index (χ2n) is 8.94. The molecule has 0 saturated heterocycles. The monoisotopic (exact) mass is 352 g/mol. The molecule has 1 aliphatic rings. The van der Waals surface area contributed by atoms with Crippen molar-refractivity contribution < 1.29 is 5.11 Å². The standard InChI is InChI=1S/C23H32N2O/c1-23(2,3)15-17-4-7-21(8-5-17)25-16-20-14-19(6-9-22(20)26)18-10-12-24-13-11-18/h6,9-14,17,21,25-26H,4-5,7-8,15-16H2,1-3H3. The molecule has 1 fully saturated rings. The lowest BCUT2D eigenvalue weighted by molar-refractivity contribution is 0.215. The fraction of sp³-hybridized carbons (Fsp3) is 0.522. The first-order valence-corrected chi connectivity index (χ1v) is 9.86. The molecule has 0 spiro atoms. The van der Waals surface area contributed by atoms with E-state index in [0.29, 0.717) is 17.2 Å². The van der Waals surface area contributed by atoms with Crippen LogP contribution in [0.1, 0.15) is 58.4 Å². The predicted molar refractivity (Wildman–Crippen MR) is 108 cm³/mol. The van der Waals surface area contributed by atoms with Crippen molar-refractivity contribution in [3.63, 3.8) is 0 Å². The lowest BCUT2D eigenvalue weighted by Gasteiger charge is -2.33. The molecule has 2 aromatic rings. The van der Waals surface area contributed by atoms with E-state index in [9.17, 15) is 5.11 Å². The molecule has 2 N–H and O–H groups in total. The van der Waals surface area contributed by atoms with Crippen LogP contribution in [-0.2, 0) is 6.54 Å². The number of phenolic OH excluding ortho intramolecular Hbond substituents is 1. The highest BCUT2D eigenvalue weighted by atomic mass is 16.3. The summed E-state index contributed by atoms with van der Waals surface area (Å²) in [4.78, 5) is 4.07. The molecule has 140 valence electrons. The third-order valence-electron chi connectivity index (χ3n) is 5.42. The van der Waals surface area contributed by atoms with Crippen LogP contribution in [-0.4, -0.2) is 16.1 Å². The molecule has 0 atom stereocenters. The molecule has 0 unspecified atom stereocenters. The molecule has 0 radical (unpaired) electrons. The van der Waals surface area contributed by atoms with Gasteiger partial charge in [0.1, 0.15) is 5.75 Å². The number of hydrogen-bond donors (Lipinski definition) is 2. The van der Waals surface area contributed by atoms with Gasteiger partial charge in [-0.1, -0.05) is 26.8 Å². The van der Waals surface area contributed by atoms with Gasteiger partial charge in [-0.05, 0) is 78.8 Å². The van der Waals surface area contributed by atoms with Gasteiger partial charge >= 0.3 is 0 Å². The van der Waals surface area contributed by atoms with Gasteiger partial charge in [-0.15, -0.1) is 0 Å². The summed E-state index contributed by atoms with van der Waals surface area (Å²) in [5.41, 5.74) is 3.65. The third kappa shape index (κ3) is 5.31. The summed E-state index contributed by atoms with van der Waals surface area (Å²) < 4.78 is 0. The van der Waals surface area contributed by atoms with Crippen LogP contribution in [0, 0.1) is 11.3 Å². The summed E-state index contributed by atoms with van der Waals surface area (Å²) in [6.07, 6.45) is 10.0. The Morgan fingerprint density at radius 2 is 1.69 bits per heavy atom. The number of hydrogen-bond acceptors (Lipinski definition) is 3. The highest BCUT2D eigenvalue weighted by Crippen LogP contribution is 2.34. The molecule has 0 bridgehead atoms. The van der Waals surface area contributed by atoms with Gasteiger partial charge in [0.2, 0.25) is 0 Å². The summed E-state index contributed by atoms with van der Waals surface area (Å²) in [6, 6.07) is 10.4. The largest absolute Gasteiger partial charge is 0.508 e. The van der Waals surface area contributed by atoms with Crippen LogP contribution in [0.15, 0.2) is 42.7 Å². The Kier molecular flexibility index (Phi) is 5.98. The Balaban J connectivity index is 1.56. The molecule has 1 aromatic heterocycles. The Morgan fingerprint density at radius 1 is 1.00 bits per heavy atom. The minimum atomic E-state index is 0.372. The van der Waals surface area contributed by atoms with Gasteiger partial charge in [0, 0.05) is 30.5 Å². The molecule has 1 saturated carbocycles. The van der Waals surface area contributed by atoms with E-state index in [1.807, 2.05) is 18.2 Å². The molecule has 1 heterocycles. The molecular formula is C23H32N2O. The molecule has 0 aliphatic heterocycles. The Labute approximate surface area is 157 Å². The summed E-state index contributed by atoms with van der Waals surface area (Å²) in [6.45, 7) is 7.75. The minimum absolute atomic E-state index is 0.372. The van der Waals surface area contributed by atoms with Gasteiger partial charge in [-0.3, -0.25) is 4.98 Å². The van der Waals surface area contributed by atoms with E-state index in [4.69, 9.17) is 0 Å². The van der Waals surface area contributed by atoms with Crippen molar-refractivity contribution in [2.24, 2.45) is 11.3 Å².